The largest absolute Gasteiger partial charge is 0.461 e. The number of ether oxygens (including phenoxy) is 1. The van der Waals surface area contributed by atoms with Crippen LogP contribution in [0.1, 0.15) is 46.5 Å². The molecule has 0 radical (unpaired) electrons. The van der Waals surface area contributed by atoms with Crippen LogP contribution < -0.4 is 0 Å². The second-order valence-electron chi connectivity index (χ2n) is 7.64. The molecule has 1 aliphatic heterocycles. The van der Waals surface area contributed by atoms with Gasteiger partial charge < -0.3 is 4.74 Å². The summed E-state index contributed by atoms with van der Waals surface area (Å²) in [4.78, 5) is 11.8. The van der Waals surface area contributed by atoms with Crippen molar-refractivity contribution in [2.24, 2.45) is 34.5 Å². The second-order valence-corrected chi connectivity index (χ2v) is 7.64. The van der Waals surface area contributed by atoms with Crippen molar-refractivity contribution >= 4 is 5.97 Å². The van der Waals surface area contributed by atoms with Crippen LogP contribution in [0, 0.1) is 34.5 Å². The molecule has 1 heterocycles. The highest BCUT2D eigenvalue weighted by Gasteiger charge is 2.72. The number of hydrogen-bond acceptors (Lipinski definition) is 2. The minimum Gasteiger partial charge on any atom is -0.461 e. The molecule has 0 aromatic heterocycles. The fourth-order valence-corrected chi connectivity index (χ4v) is 5.69. The van der Waals surface area contributed by atoms with Crippen LogP contribution in [0.15, 0.2) is 0 Å². The first-order valence-corrected chi connectivity index (χ1v) is 7.16. The van der Waals surface area contributed by atoms with E-state index in [0.717, 1.165) is 5.92 Å². The summed E-state index contributed by atoms with van der Waals surface area (Å²) in [5, 5.41) is 0. The first-order valence-electron chi connectivity index (χ1n) is 7.16. The molecule has 1 saturated heterocycles. The highest BCUT2D eigenvalue weighted by atomic mass is 16.6. The molecule has 0 spiro atoms. The van der Waals surface area contributed by atoms with Crippen molar-refractivity contribution in [3.05, 3.63) is 0 Å². The number of carbonyl (C=O) groups is 1. The van der Waals surface area contributed by atoms with E-state index in [0.29, 0.717) is 22.7 Å². The molecular weight excluding hydrogens is 212 g/mol. The van der Waals surface area contributed by atoms with Gasteiger partial charge in [-0.1, -0.05) is 20.8 Å². The van der Waals surface area contributed by atoms with Gasteiger partial charge in [-0.3, -0.25) is 4.79 Å². The Labute approximate surface area is 103 Å². The van der Waals surface area contributed by atoms with Crippen molar-refractivity contribution in [1.82, 2.24) is 0 Å². The number of rotatable bonds is 0. The predicted octanol–water partition coefficient (Wildman–Crippen LogP) is 3.01. The summed E-state index contributed by atoms with van der Waals surface area (Å²) in [5.41, 5.74) is 0.964. The van der Waals surface area contributed by atoms with Crippen molar-refractivity contribution in [2.75, 3.05) is 0 Å². The van der Waals surface area contributed by atoms with E-state index in [1.165, 1.54) is 25.7 Å². The maximum atomic E-state index is 11.8. The van der Waals surface area contributed by atoms with Crippen molar-refractivity contribution in [1.29, 1.82) is 0 Å². The van der Waals surface area contributed by atoms with Crippen LogP contribution in [-0.4, -0.2) is 12.1 Å². The molecule has 94 valence electrons. The lowest BCUT2D eigenvalue weighted by Crippen LogP contribution is -2.45. The molecule has 7 atom stereocenters. The first kappa shape index (κ1) is 10.4. The van der Waals surface area contributed by atoms with Crippen LogP contribution in [0.5, 0.6) is 0 Å². The third kappa shape index (κ3) is 1.06. The summed E-state index contributed by atoms with van der Waals surface area (Å²) in [6.45, 7) is 6.95. The zero-order chi connectivity index (χ0) is 12.0. The number of fused-ring (bicyclic) bond motifs is 5. The molecule has 17 heavy (non-hydrogen) atoms. The molecule has 0 N–H and O–H groups in total. The monoisotopic (exact) mass is 234 g/mol. The Kier molecular flexibility index (Phi) is 1.67. The van der Waals surface area contributed by atoms with E-state index in [4.69, 9.17) is 4.74 Å². The SMILES string of the molecule is C[C@@H]1C(=O)OC2C1CC[C@]1(C)C[C@H]3C[C@]3(C)[C@@H]21. The molecule has 0 aromatic rings. The van der Waals surface area contributed by atoms with Gasteiger partial charge in [0.15, 0.2) is 0 Å². The van der Waals surface area contributed by atoms with Crippen LogP contribution >= 0.6 is 0 Å². The van der Waals surface area contributed by atoms with Gasteiger partial charge in [-0.2, -0.15) is 0 Å². The summed E-state index contributed by atoms with van der Waals surface area (Å²) < 4.78 is 5.78. The van der Waals surface area contributed by atoms with E-state index < -0.39 is 0 Å². The summed E-state index contributed by atoms with van der Waals surface area (Å²) >= 11 is 0. The van der Waals surface area contributed by atoms with E-state index in [1.54, 1.807) is 0 Å². The van der Waals surface area contributed by atoms with Crippen molar-refractivity contribution in [3.8, 4) is 0 Å². The Balaban J connectivity index is 1.74. The lowest BCUT2D eigenvalue weighted by molar-refractivity contribution is -0.149. The lowest BCUT2D eigenvalue weighted by Gasteiger charge is -2.46. The van der Waals surface area contributed by atoms with Gasteiger partial charge in [-0.05, 0) is 42.4 Å². The third-order valence-corrected chi connectivity index (χ3v) is 6.70. The van der Waals surface area contributed by atoms with Gasteiger partial charge in [0, 0.05) is 11.8 Å². The normalized spacial score (nSPS) is 63.7. The molecule has 0 bridgehead atoms. The Hall–Kier alpha value is -0.530. The van der Waals surface area contributed by atoms with Crippen molar-refractivity contribution in [2.45, 2.75) is 52.6 Å². The Morgan fingerprint density at radius 3 is 2.82 bits per heavy atom. The average Bonchev–Trinajstić information content (AvgIpc) is 2.68. The molecule has 2 heteroatoms. The minimum absolute atomic E-state index is 0.0666. The summed E-state index contributed by atoms with van der Waals surface area (Å²) in [6.07, 6.45) is 5.51. The molecule has 4 fully saturated rings. The van der Waals surface area contributed by atoms with Gasteiger partial charge in [0.1, 0.15) is 6.10 Å². The second kappa shape index (κ2) is 2.73. The molecule has 4 aliphatic rings. The van der Waals surface area contributed by atoms with Crippen molar-refractivity contribution < 1.29 is 9.53 Å². The molecular formula is C15H22O2. The number of hydrogen-bond donors (Lipinski definition) is 0. The van der Waals surface area contributed by atoms with E-state index in [9.17, 15) is 4.79 Å². The molecule has 2 nitrogen and oxygen atoms in total. The summed E-state index contributed by atoms with van der Waals surface area (Å²) in [6, 6.07) is 0. The molecule has 0 aromatic carbocycles. The maximum Gasteiger partial charge on any atom is 0.309 e. The highest BCUT2D eigenvalue weighted by Crippen LogP contribution is 2.76. The van der Waals surface area contributed by atoms with E-state index in [-0.39, 0.29) is 18.0 Å². The molecule has 0 amide bonds. The standard InChI is InChI=1S/C15H22O2/c1-8-10-4-5-14(2)6-9-7-15(9,3)12(14)11(10)17-13(8)16/h8-12H,4-7H2,1-3H3/t8-,9-,10?,11?,12-,14+,15-/m0/s1. The zero-order valence-corrected chi connectivity index (χ0v) is 11.0. The van der Waals surface area contributed by atoms with Gasteiger partial charge in [-0.25, -0.2) is 0 Å². The smallest absolute Gasteiger partial charge is 0.309 e. The quantitative estimate of drug-likeness (QED) is 0.602. The Bertz CT molecular complexity index is 404. The van der Waals surface area contributed by atoms with Crippen LogP contribution in [0.4, 0.5) is 0 Å². The van der Waals surface area contributed by atoms with Gasteiger partial charge >= 0.3 is 5.97 Å². The topological polar surface area (TPSA) is 26.3 Å². The lowest BCUT2D eigenvalue weighted by atomic mass is 9.59. The highest BCUT2D eigenvalue weighted by molar-refractivity contribution is 5.75. The number of esters is 1. The fourth-order valence-electron chi connectivity index (χ4n) is 5.69. The van der Waals surface area contributed by atoms with E-state index in [1.807, 2.05) is 0 Å². The third-order valence-electron chi connectivity index (χ3n) is 6.70. The molecule has 2 unspecified atom stereocenters. The zero-order valence-electron chi connectivity index (χ0n) is 11.0. The maximum absolute atomic E-state index is 11.8. The van der Waals surface area contributed by atoms with Gasteiger partial charge in [0.2, 0.25) is 0 Å². The minimum atomic E-state index is 0.0666. The summed E-state index contributed by atoms with van der Waals surface area (Å²) in [5.74, 6) is 2.29. The first-order chi connectivity index (χ1) is 7.96. The molecule has 3 aliphatic carbocycles. The van der Waals surface area contributed by atoms with Crippen LogP contribution in [0.25, 0.3) is 0 Å². The fraction of sp³-hybridized carbons (Fsp3) is 0.933. The molecule has 3 saturated carbocycles. The van der Waals surface area contributed by atoms with Crippen LogP contribution in [-0.2, 0) is 9.53 Å². The van der Waals surface area contributed by atoms with Crippen molar-refractivity contribution in [3.63, 3.8) is 0 Å². The van der Waals surface area contributed by atoms with Crippen LogP contribution in [0.2, 0.25) is 0 Å². The predicted molar refractivity (Wildman–Crippen MR) is 64.2 cm³/mol. The summed E-state index contributed by atoms with van der Waals surface area (Å²) in [7, 11) is 0. The van der Waals surface area contributed by atoms with Gasteiger partial charge in [0.25, 0.3) is 0 Å². The molecule has 4 rings (SSSR count). The Morgan fingerprint density at radius 2 is 2.06 bits per heavy atom. The Morgan fingerprint density at radius 1 is 1.29 bits per heavy atom. The van der Waals surface area contributed by atoms with E-state index >= 15 is 0 Å². The van der Waals surface area contributed by atoms with Gasteiger partial charge in [-0.15, -0.1) is 0 Å². The van der Waals surface area contributed by atoms with Crippen LogP contribution in [0.3, 0.4) is 0 Å². The average molecular weight is 234 g/mol. The van der Waals surface area contributed by atoms with E-state index in [2.05, 4.69) is 20.8 Å². The van der Waals surface area contributed by atoms with Gasteiger partial charge in [0.05, 0.1) is 5.92 Å². The number of carbonyl (C=O) groups excluding carboxylic acids is 1.